The highest BCUT2D eigenvalue weighted by molar-refractivity contribution is 7.90. The normalized spacial score (nSPS) is 12.2. The molecule has 0 spiro atoms. The number of benzene rings is 1. The molecule has 0 saturated carbocycles. The maximum atomic E-state index is 11.7. The van der Waals surface area contributed by atoms with Crippen LogP contribution in [-0.4, -0.2) is 54.0 Å². The maximum Gasteiger partial charge on any atom is 0.192 e. The molecule has 4 rings (SSSR count). The summed E-state index contributed by atoms with van der Waals surface area (Å²) in [5.41, 5.74) is 2.68. The van der Waals surface area contributed by atoms with Crippen molar-refractivity contribution >= 4 is 28.9 Å². The molecule has 4 aromatic rings. The second-order valence-corrected chi connectivity index (χ2v) is 17.3. The largest absolute Gasteiger partial charge is 0.455 e. The number of aliphatic hydroxyl groups is 1. The Morgan fingerprint density at radius 2 is 1.89 bits per heavy atom. The Labute approximate surface area is 211 Å². The van der Waals surface area contributed by atoms with Crippen LogP contribution in [0.1, 0.15) is 5.56 Å². The van der Waals surface area contributed by atoms with Gasteiger partial charge in [0.2, 0.25) is 0 Å². The van der Waals surface area contributed by atoms with Gasteiger partial charge >= 0.3 is 0 Å². The van der Waals surface area contributed by atoms with Gasteiger partial charge in [0.15, 0.2) is 20.7 Å². The summed E-state index contributed by atoms with van der Waals surface area (Å²) in [5.74, 6) is 1.39. The number of sulfone groups is 1. The number of rotatable bonds is 10. The molecule has 190 valence electrons. The molecule has 1 aromatic carbocycles. The number of ether oxygens (including phenoxy) is 2. The monoisotopic (exact) mass is 526 g/mol. The van der Waals surface area contributed by atoms with Gasteiger partial charge in [-0.25, -0.2) is 18.4 Å². The lowest BCUT2D eigenvalue weighted by Gasteiger charge is -2.16. The summed E-state index contributed by atoms with van der Waals surface area (Å²) in [7, 11) is -4.65. The first kappa shape index (κ1) is 26.0. The van der Waals surface area contributed by atoms with Crippen LogP contribution in [0.15, 0.2) is 59.9 Å². The predicted octanol–water partition coefficient (Wildman–Crippen LogP) is 4.49. The Morgan fingerprint density at radius 1 is 1.08 bits per heavy atom. The van der Waals surface area contributed by atoms with Crippen molar-refractivity contribution in [3.05, 3.63) is 60.4 Å². The lowest BCUT2D eigenvalue weighted by Crippen LogP contribution is -2.22. The predicted molar refractivity (Wildman–Crippen MR) is 140 cm³/mol. The summed E-state index contributed by atoms with van der Waals surface area (Å²) in [6.07, 6.45) is 4.15. The highest BCUT2D eigenvalue weighted by atomic mass is 32.2. The molecule has 0 bridgehead atoms. The second kappa shape index (κ2) is 10.5. The summed E-state index contributed by atoms with van der Waals surface area (Å²) in [4.78, 5) is 13.2. The van der Waals surface area contributed by atoms with E-state index >= 15 is 0 Å². The topological polar surface area (TPSA) is 116 Å². The van der Waals surface area contributed by atoms with Gasteiger partial charge in [-0.15, -0.1) is 0 Å². The van der Waals surface area contributed by atoms with Crippen LogP contribution in [-0.2, 0) is 27.9 Å². The molecule has 1 N–H and O–H groups in total. The fraction of sp³-hybridized carbons (Fsp3) is 0.320. The number of nitrogens with zero attached hydrogens (tertiary/aromatic N) is 4. The zero-order valence-electron chi connectivity index (χ0n) is 20.8. The molecule has 3 aromatic heterocycles. The average molecular weight is 527 g/mol. The summed E-state index contributed by atoms with van der Waals surface area (Å²) in [6.45, 7) is 7.61. The Bertz CT molecular complexity index is 1450. The SMILES string of the molecule is C[Si](C)(C)CCOCn1c(-c2ccccn2)nc2cc(Oc3ccc(S(C)(=O)=O)nc3)c(CO)cc21. The average Bonchev–Trinajstić information content (AvgIpc) is 3.18. The minimum atomic E-state index is -3.42. The Hall–Kier alpha value is -3.12. The van der Waals surface area contributed by atoms with Gasteiger partial charge in [0.05, 0.1) is 23.8 Å². The molecule has 0 atom stereocenters. The van der Waals surface area contributed by atoms with Crippen molar-refractivity contribution in [2.75, 3.05) is 12.9 Å². The molecule has 0 aliphatic carbocycles. The molecule has 9 nitrogen and oxygen atoms in total. The number of hydrogen-bond donors (Lipinski definition) is 1. The molecule has 0 unspecified atom stereocenters. The van der Waals surface area contributed by atoms with Gasteiger partial charge in [-0.2, -0.15) is 0 Å². The molecular weight excluding hydrogens is 496 g/mol. The van der Waals surface area contributed by atoms with Gasteiger partial charge in [-0.3, -0.25) is 9.55 Å². The zero-order chi connectivity index (χ0) is 25.9. The summed E-state index contributed by atoms with van der Waals surface area (Å²) in [6, 6.07) is 13.2. The molecule has 11 heteroatoms. The lowest BCUT2D eigenvalue weighted by atomic mass is 10.2. The van der Waals surface area contributed by atoms with E-state index in [1.807, 2.05) is 28.8 Å². The van der Waals surface area contributed by atoms with Crippen LogP contribution < -0.4 is 4.74 Å². The lowest BCUT2D eigenvalue weighted by molar-refractivity contribution is 0.0909. The number of aromatic nitrogens is 4. The van der Waals surface area contributed by atoms with Crippen molar-refractivity contribution in [1.29, 1.82) is 0 Å². The van der Waals surface area contributed by atoms with Gasteiger partial charge in [0, 0.05) is 38.8 Å². The van der Waals surface area contributed by atoms with Crippen molar-refractivity contribution in [3.8, 4) is 23.0 Å². The summed E-state index contributed by atoms with van der Waals surface area (Å²) in [5, 5.41) is 10.0. The van der Waals surface area contributed by atoms with Crippen molar-refractivity contribution in [3.63, 3.8) is 0 Å². The van der Waals surface area contributed by atoms with Gasteiger partial charge in [0.25, 0.3) is 0 Å². The third-order valence-electron chi connectivity index (χ3n) is 5.53. The van der Waals surface area contributed by atoms with Crippen molar-refractivity contribution < 1.29 is 23.0 Å². The van der Waals surface area contributed by atoms with E-state index in [1.54, 1.807) is 12.3 Å². The van der Waals surface area contributed by atoms with Gasteiger partial charge < -0.3 is 14.6 Å². The smallest absolute Gasteiger partial charge is 0.192 e. The highest BCUT2D eigenvalue weighted by Crippen LogP contribution is 2.32. The van der Waals surface area contributed by atoms with Crippen LogP contribution in [0.3, 0.4) is 0 Å². The minimum absolute atomic E-state index is 0.0412. The Kier molecular flexibility index (Phi) is 7.55. The Balaban J connectivity index is 1.71. The van der Waals surface area contributed by atoms with Crippen molar-refractivity contribution in [2.24, 2.45) is 0 Å². The van der Waals surface area contributed by atoms with E-state index in [1.165, 1.54) is 18.3 Å². The molecule has 36 heavy (non-hydrogen) atoms. The Morgan fingerprint density at radius 3 is 2.50 bits per heavy atom. The standard InChI is InChI=1S/C25H30N4O5SSi/c1-35(31,32)24-9-8-19(15-27-24)34-23-14-21-22(13-18(23)16-30)29(17-33-11-12-36(2,3)4)25(28-21)20-7-5-6-10-26-20/h5-10,13-15,30H,11-12,16-17H2,1-4H3. The van der Waals surface area contributed by atoms with Gasteiger partial charge in [0.1, 0.15) is 23.9 Å². The molecule has 0 amide bonds. The molecule has 0 fully saturated rings. The second-order valence-electron chi connectivity index (χ2n) is 9.74. The van der Waals surface area contributed by atoms with E-state index in [4.69, 9.17) is 14.5 Å². The van der Waals surface area contributed by atoms with E-state index in [9.17, 15) is 13.5 Å². The van der Waals surface area contributed by atoms with Crippen molar-refractivity contribution in [2.45, 2.75) is 44.0 Å². The molecule has 0 aliphatic rings. The third kappa shape index (κ3) is 6.16. The van der Waals surface area contributed by atoms with Crippen LogP contribution in [0.4, 0.5) is 0 Å². The minimum Gasteiger partial charge on any atom is -0.455 e. The number of pyridine rings is 2. The van der Waals surface area contributed by atoms with Gasteiger partial charge in [-0.1, -0.05) is 25.7 Å². The fourth-order valence-corrected chi connectivity index (χ4v) is 4.86. The maximum absolute atomic E-state index is 11.7. The number of fused-ring (bicyclic) bond motifs is 1. The zero-order valence-corrected chi connectivity index (χ0v) is 22.6. The van der Waals surface area contributed by atoms with Crippen LogP contribution >= 0.6 is 0 Å². The van der Waals surface area contributed by atoms with Crippen molar-refractivity contribution in [1.82, 2.24) is 19.5 Å². The molecule has 0 radical (unpaired) electrons. The molecule has 0 saturated heterocycles. The van der Waals surface area contributed by atoms with E-state index in [0.717, 1.165) is 17.8 Å². The van der Waals surface area contributed by atoms with Crippen LogP contribution in [0.25, 0.3) is 22.6 Å². The van der Waals surface area contributed by atoms with Crippen LogP contribution in [0.2, 0.25) is 25.7 Å². The number of imidazole rings is 1. The van der Waals surface area contributed by atoms with E-state index in [2.05, 4.69) is 29.6 Å². The first-order chi connectivity index (χ1) is 17.0. The molecule has 3 heterocycles. The fourth-order valence-electron chi connectivity index (χ4n) is 3.54. The third-order valence-corrected chi connectivity index (χ3v) is 8.23. The number of hydrogen-bond acceptors (Lipinski definition) is 8. The summed E-state index contributed by atoms with van der Waals surface area (Å²) >= 11 is 0. The van der Waals surface area contributed by atoms with E-state index in [0.29, 0.717) is 47.4 Å². The highest BCUT2D eigenvalue weighted by Gasteiger charge is 2.19. The van der Waals surface area contributed by atoms with Crippen LogP contribution in [0.5, 0.6) is 11.5 Å². The van der Waals surface area contributed by atoms with E-state index < -0.39 is 17.9 Å². The number of aliphatic hydroxyl groups excluding tert-OH is 1. The quantitative estimate of drug-likeness (QED) is 0.237. The first-order valence-electron chi connectivity index (χ1n) is 11.5. The van der Waals surface area contributed by atoms with E-state index in [-0.39, 0.29) is 11.6 Å². The molecular formula is C25H30N4O5SSi. The molecule has 0 aliphatic heterocycles. The summed E-state index contributed by atoms with van der Waals surface area (Å²) < 4.78 is 37.3. The van der Waals surface area contributed by atoms with Crippen LogP contribution in [0, 0.1) is 0 Å². The first-order valence-corrected chi connectivity index (χ1v) is 17.1. The van der Waals surface area contributed by atoms with Gasteiger partial charge in [-0.05, 0) is 36.4 Å².